The number of nitrogens with two attached hydrogens (primary N) is 1. The maximum absolute atomic E-state index is 10.7. The molecule has 0 aliphatic heterocycles. The molecule has 0 atom stereocenters. The number of hydrogen-bond acceptors (Lipinski definition) is 6. The zero-order valence-corrected chi connectivity index (χ0v) is 6.91. The lowest BCUT2D eigenvalue weighted by atomic mass is 10.3. The summed E-state index contributed by atoms with van der Waals surface area (Å²) in [5, 5.41) is 14.8. The normalized spacial score (nSPS) is 8.07. The fourth-order valence-electron chi connectivity index (χ4n) is 0.587. The molecule has 1 aromatic rings. The van der Waals surface area contributed by atoms with Crippen molar-refractivity contribution in [2.24, 2.45) is 5.84 Å². The predicted octanol–water partition coefficient (Wildman–Crippen LogP) is -0.554. The number of aromatic nitrogens is 1. The summed E-state index contributed by atoms with van der Waals surface area (Å²) in [4.78, 5) is 22.7. The number of nitrogen functional groups attached to an aromatic ring is 1. The molecule has 1 heterocycles. The van der Waals surface area contributed by atoms with Gasteiger partial charge in [-0.2, -0.15) is 0 Å². The molecule has 1 rings (SSSR count). The van der Waals surface area contributed by atoms with E-state index in [9.17, 15) is 4.79 Å². The molecular weight excluding hydrogens is 192 g/mol. The number of carbonyl (C=O) groups excluding carboxylic acids is 1. The highest BCUT2D eigenvalue weighted by Crippen LogP contribution is 1.93. The highest BCUT2D eigenvalue weighted by atomic mass is 16.9. The summed E-state index contributed by atoms with van der Waals surface area (Å²) in [6.45, 7) is 0. The van der Waals surface area contributed by atoms with Gasteiger partial charge < -0.3 is 15.3 Å². The van der Waals surface area contributed by atoms with Crippen molar-refractivity contribution < 1.29 is 9.88 Å². The Hall–Kier alpha value is -2.22. The Labute approximate surface area is 78.4 Å². The Morgan fingerprint density at radius 1 is 1.43 bits per heavy atom. The molecule has 0 aliphatic carbocycles. The number of amides is 1. The van der Waals surface area contributed by atoms with Crippen LogP contribution in [0.4, 0.5) is 0 Å². The van der Waals surface area contributed by atoms with Gasteiger partial charge in [0, 0.05) is 18.0 Å². The Balaban J connectivity index is 0.000000364. The minimum Gasteiger partial charge on any atom is -0.356 e. The van der Waals surface area contributed by atoms with Crippen molar-refractivity contribution in [3.05, 3.63) is 45.4 Å². The molecule has 0 bridgehead atoms. The van der Waals surface area contributed by atoms with Gasteiger partial charge in [0.25, 0.3) is 5.91 Å². The van der Waals surface area contributed by atoms with Crippen LogP contribution in [0.3, 0.4) is 0 Å². The molecule has 0 radical (unpaired) electrons. The number of nitrogens with one attached hydrogen (secondary N) is 1. The lowest BCUT2D eigenvalue weighted by Gasteiger charge is -1.95. The molecule has 0 aromatic carbocycles. The van der Waals surface area contributed by atoms with Crippen LogP contribution in [0.15, 0.2) is 24.5 Å². The van der Waals surface area contributed by atoms with Crippen LogP contribution < -0.4 is 11.3 Å². The molecule has 1 aromatic heterocycles. The van der Waals surface area contributed by atoms with Crippen LogP contribution in [0.2, 0.25) is 0 Å². The first-order valence-electron chi connectivity index (χ1n) is 3.30. The van der Waals surface area contributed by atoms with E-state index in [0.29, 0.717) is 5.56 Å². The summed E-state index contributed by atoms with van der Waals surface area (Å²) < 4.78 is 0. The first kappa shape index (κ1) is 11.8. The predicted molar refractivity (Wildman–Crippen MR) is 46.3 cm³/mol. The molecule has 8 heteroatoms. The molecule has 76 valence electrons. The summed E-state index contributed by atoms with van der Waals surface area (Å²) in [6, 6.07) is 3.17. The summed E-state index contributed by atoms with van der Waals surface area (Å²) in [6.07, 6.45) is 3.06. The van der Waals surface area contributed by atoms with Crippen LogP contribution in [-0.4, -0.2) is 16.0 Å². The number of nitrogens with zero attached hydrogens (tertiary/aromatic N) is 2. The van der Waals surface area contributed by atoms with Crippen LogP contribution in [0.25, 0.3) is 0 Å². The van der Waals surface area contributed by atoms with Crippen LogP contribution in [0, 0.1) is 15.3 Å². The van der Waals surface area contributed by atoms with Crippen molar-refractivity contribution in [2.75, 3.05) is 0 Å². The lowest BCUT2D eigenvalue weighted by Crippen LogP contribution is -2.29. The molecule has 0 saturated carbocycles. The van der Waals surface area contributed by atoms with E-state index >= 15 is 0 Å². The van der Waals surface area contributed by atoms with Crippen molar-refractivity contribution in [1.82, 2.24) is 10.4 Å². The van der Waals surface area contributed by atoms with Crippen molar-refractivity contribution >= 4 is 5.91 Å². The second-order valence-electron chi connectivity index (χ2n) is 1.93. The van der Waals surface area contributed by atoms with Gasteiger partial charge in [0.05, 0.1) is 5.09 Å². The fraction of sp³-hybridized carbons (Fsp3) is 0. The highest BCUT2D eigenvalue weighted by molar-refractivity contribution is 5.93. The van der Waals surface area contributed by atoms with Crippen molar-refractivity contribution in [2.45, 2.75) is 0 Å². The van der Waals surface area contributed by atoms with E-state index in [1.807, 2.05) is 5.43 Å². The second-order valence-corrected chi connectivity index (χ2v) is 1.93. The number of carbonyl (C=O) groups is 1. The van der Waals surface area contributed by atoms with Crippen LogP contribution in [0.1, 0.15) is 10.4 Å². The zero-order chi connectivity index (χ0) is 11.0. The molecule has 0 saturated heterocycles. The summed E-state index contributed by atoms with van der Waals surface area (Å²) in [5.74, 6) is 4.58. The van der Waals surface area contributed by atoms with Gasteiger partial charge in [0.15, 0.2) is 0 Å². The van der Waals surface area contributed by atoms with Gasteiger partial charge in [-0.15, -0.1) is 0 Å². The average molecular weight is 199 g/mol. The van der Waals surface area contributed by atoms with E-state index in [2.05, 4.69) is 4.98 Å². The average Bonchev–Trinajstić information content (AvgIpc) is 2.17. The monoisotopic (exact) mass is 199 g/mol. The molecule has 0 aliphatic rings. The lowest BCUT2D eigenvalue weighted by molar-refractivity contribution is -0.402. The van der Waals surface area contributed by atoms with E-state index < -0.39 is 5.09 Å². The largest absolute Gasteiger partial charge is 0.356 e. The Kier molecular flexibility index (Phi) is 5.31. The maximum atomic E-state index is 10.7. The van der Waals surface area contributed by atoms with Gasteiger partial charge >= 0.3 is 0 Å². The summed E-state index contributed by atoms with van der Waals surface area (Å²) >= 11 is 0. The maximum Gasteiger partial charge on any atom is 0.265 e. The van der Waals surface area contributed by atoms with E-state index in [4.69, 9.17) is 21.2 Å². The molecule has 1 amide bonds. The van der Waals surface area contributed by atoms with Gasteiger partial charge in [-0.05, 0) is 12.1 Å². The van der Waals surface area contributed by atoms with Crippen molar-refractivity contribution in [3.8, 4) is 0 Å². The standard InChI is InChI=1S/C6H7N3O.NO3/c7-9-6(10)5-1-3-8-4-2-5;2-1(3)4/h1-4H,7H2,(H,9,10);/q;-1. The minimum atomic E-state index is -1.75. The number of rotatable bonds is 1. The Morgan fingerprint density at radius 2 is 1.86 bits per heavy atom. The Bertz CT molecular complexity index is 298. The summed E-state index contributed by atoms with van der Waals surface area (Å²) in [7, 11) is 0. The number of hydrazine groups is 1. The molecule has 0 unspecified atom stereocenters. The molecular formula is C6H7N4O4-. The second kappa shape index (κ2) is 6.31. The molecule has 0 spiro atoms. The number of hydrogen-bond donors (Lipinski definition) is 2. The minimum absolute atomic E-state index is 0.303. The van der Waals surface area contributed by atoms with Crippen LogP contribution in [0.5, 0.6) is 0 Å². The summed E-state index contributed by atoms with van der Waals surface area (Å²) in [5.41, 5.74) is 2.53. The van der Waals surface area contributed by atoms with E-state index in [-0.39, 0.29) is 5.91 Å². The van der Waals surface area contributed by atoms with E-state index in [1.165, 1.54) is 12.4 Å². The first-order valence-corrected chi connectivity index (χ1v) is 3.30. The topological polar surface area (TPSA) is 134 Å². The quantitative estimate of drug-likeness (QED) is 0.269. The zero-order valence-electron chi connectivity index (χ0n) is 6.91. The molecule has 3 N–H and O–H groups in total. The van der Waals surface area contributed by atoms with E-state index in [1.54, 1.807) is 12.1 Å². The molecule has 0 fully saturated rings. The van der Waals surface area contributed by atoms with Crippen molar-refractivity contribution in [1.29, 1.82) is 0 Å². The van der Waals surface area contributed by atoms with Gasteiger partial charge in [0.1, 0.15) is 0 Å². The van der Waals surface area contributed by atoms with Gasteiger partial charge in [-0.1, -0.05) is 0 Å². The smallest absolute Gasteiger partial charge is 0.265 e. The SMILES string of the molecule is NNC(=O)c1ccncc1.O=[N+]([O-])[O-]. The third-order valence-corrected chi connectivity index (χ3v) is 1.07. The Morgan fingerprint density at radius 3 is 2.21 bits per heavy atom. The van der Waals surface area contributed by atoms with Gasteiger partial charge in [-0.25, -0.2) is 5.84 Å². The first-order chi connectivity index (χ1) is 6.57. The van der Waals surface area contributed by atoms with E-state index in [0.717, 1.165) is 0 Å². The third kappa shape index (κ3) is 5.43. The van der Waals surface area contributed by atoms with Gasteiger partial charge in [-0.3, -0.25) is 15.2 Å². The van der Waals surface area contributed by atoms with Crippen LogP contribution in [-0.2, 0) is 0 Å². The number of pyridine rings is 1. The van der Waals surface area contributed by atoms with Gasteiger partial charge in [0.2, 0.25) is 0 Å². The third-order valence-electron chi connectivity index (χ3n) is 1.07. The molecule has 8 nitrogen and oxygen atoms in total. The molecule has 14 heavy (non-hydrogen) atoms. The fourth-order valence-corrected chi connectivity index (χ4v) is 0.587. The highest BCUT2D eigenvalue weighted by Gasteiger charge is 1.98. The van der Waals surface area contributed by atoms with Crippen molar-refractivity contribution in [3.63, 3.8) is 0 Å². The van der Waals surface area contributed by atoms with Crippen LogP contribution >= 0.6 is 0 Å².